The lowest BCUT2D eigenvalue weighted by Crippen LogP contribution is -2.51. The first-order valence-electron chi connectivity index (χ1n) is 10.5. The molecule has 8 heteroatoms. The van der Waals surface area contributed by atoms with Gasteiger partial charge < -0.3 is 5.32 Å². The number of nitrogens with zero attached hydrogens (tertiary/aromatic N) is 3. The molecule has 0 aliphatic heterocycles. The van der Waals surface area contributed by atoms with Gasteiger partial charge in [-0.05, 0) is 52.0 Å². The van der Waals surface area contributed by atoms with Crippen LogP contribution in [0.15, 0.2) is 9.95 Å². The predicted octanol–water partition coefficient (Wildman–Crippen LogP) is 4.73. The van der Waals surface area contributed by atoms with E-state index in [1.54, 1.807) is 13.8 Å². The Morgan fingerprint density at radius 2 is 1.97 bits per heavy atom. The second kappa shape index (κ2) is 8.72. The molecule has 3 rings (SSSR count). The number of hydrogen-bond acceptors (Lipinski definition) is 6. The summed E-state index contributed by atoms with van der Waals surface area (Å²) in [5.41, 5.74) is 0.0762. The number of rotatable bonds is 6. The van der Waals surface area contributed by atoms with Crippen molar-refractivity contribution in [2.24, 2.45) is 5.92 Å². The van der Waals surface area contributed by atoms with Gasteiger partial charge >= 0.3 is 0 Å². The highest BCUT2D eigenvalue weighted by atomic mass is 32.2. The molecular weight excluding hydrogens is 416 g/mol. The average Bonchev–Trinajstić information content (AvgIpc) is 3.30. The van der Waals surface area contributed by atoms with Crippen LogP contribution >= 0.6 is 23.1 Å². The van der Waals surface area contributed by atoms with Crippen molar-refractivity contribution in [1.82, 2.24) is 14.9 Å². The van der Waals surface area contributed by atoms with Crippen molar-refractivity contribution in [3.8, 4) is 6.07 Å². The van der Waals surface area contributed by atoms with E-state index in [9.17, 15) is 14.9 Å². The summed E-state index contributed by atoms with van der Waals surface area (Å²) >= 11 is 2.84. The van der Waals surface area contributed by atoms with Gasteiger partial charge in [0.25, 0.3) is 5.56 Å². The molecule has 6 nitrogen and oxygen atoms in total. The van der Waals surface area contributed by atoms with Crippen LogP contribution < -0.4 is 10.9 Å². The second-order valence-corrected chi connectivity index (χ2v) is 11.2. The summed E-state index contributed by atoms with van der Waals surface area (Å²) in [6, 6.07) is 2.35. The zero-order valence-electron chi connectivity index (χ0n) is 18.5. The number of aryl methyl sites for hydroxylation is 2. The van der Waals surface area contributed by atoms with E-state index in [2.05, 4.69) is 11.4 Å². The molecule has 1 saturated carbocycles. The van der Waals surface area contributed by atoms with Crippen molar-refractivity contribution in [1.29, 1.82) is 5.26 Å². The number of thioether (sulfide) groups is 1. The van der Waals surface area contributed by atoms with Crippen molar-refractivity contribution < 1.29 is 4.79 Å². The molecule has 2 aromatic rings. The molecule has 1 aliphatic carbocycles. The molecule has 0 bridgehead atoms. The zero-order chi connectivity index (χ0) is 22.2. The predicted molar refractivity (Wildman–Crippen MR) is 123 cm³/mol. The van der Waals surface area contributed by atoms with E-state index in [0.717, 1.165) is 41.0 Å². The SMILES string of the molecule is Cc1sc2nc(S[C@@H](C)C(=O)N[C@@](C)(C#N)C(C)C)n(C3CCCC3)c(=O)c2c1C. The number of carbonyl (C=O) groups excluding carboxylic acids is 1. The third-order valence-corrected chi connectivity index (χ3v) is 8.48. The van der Waals surface area contributed by atoms with Crippen LogP contribution in [0, 0.1) is 31.1 Å². The van der Waals surface area contributed by atoms with E-state index in [4.69, 9.17) is 4.98 Å². The van der Waals surface area contributed by atoms with Gasteiger partial charge in [0.2, 0.25) is 5.91 Å². The average molecular weight is 447 g/mol. The van der Waals surface area contributed by atoms with Gasteiger partial charge in [0.15, 0.2) is 5.16 Å². The normalized spacial score (nSPS) is 17.8. The van der Waals surface area contributed by atoms with Gasteiger partial charge in [-0.3, -0.25) is 14.2 Å². The minimum absolute atomic E-state index is 0.00732. The maximum atomic E-state index is 13.5. The molecule has 0 saturated heterocycles. The molecule has 0 radical (unpaired) electrons. The molecule has 162 valence electrons. The largest absolute Gasteiger partial charge is 0.337 e. The summed E-state index contributed by atoms with van der Waals surface area (Å²) in [6.07, 6.45) is 4.13. The molecule has 0 aromatic carbocycles. The number of amides is 1. The van der Waals surface area contributed by atoms with Gasteiger partial charge in [-0.15, -0.1) is 11.3 Å². The summed E-state index contributed by atoms with van der Waals surface area (Å²) in [5.74, 6) is -0.240. The second-order valence-electron chi connectivity index (χ2n) is 8.69. The Balaban J connectivity index is 1.98. The zero-order valence-corrected chi connectivity index (χ0v) is 20.2. The smallest absolute Gasteiger partial charge is 0.263 e. The van der Waals surface area contributed by atoms with Gasteiger partial charge in [-0.2, -0.15) is 5.26 Å². The van der Waals surface area contributed by atoms with Gasteiger partial charge in [0, 0.05) is 10.9 Å². The fourth-order valence-corrected chi connectivity index (χ4v) is 5.78. The topological polar surface area (TPSA) is 87.8 Å². The lowest BCUT2D eigenvalue weighted by Gasteiger charge is -2.29. The van der Waals surface area contributed by atoms with E-state index >= 15 is 0 Å². The number of aromatic nitrogens is 2. The number of hydrogen-bond donors (Lipinski definition) is 1. The first-order chi connectivity index (χ1) is 14.1. The molecule has 2 aromatic heterocycles. The maximum Gasteiger partial charge on any atom is 0.263 e. The standard InChI is InChI=1S/C22H30N4O2S2/c1-12(2)22(6,11-23)25-18(27)15(5)30-21-24-19-17(13(3)14(4)29-19)20(28)26(21)16-9-7-8-10-16/h12,15-16H,7-10H2,1-6H3,(H,25,27)/t15-,22-/m0/s1. The number of carbonyl (C=O) groups is 1. The van der Waals surface area contributed by atoms with Gasteiger partial charge in [-0.1, -0.05) is 38.5 Å². The molecule has 2 atom stereocenters. The molecule has 2 heterocycles. The summed E-state index contributed by atoms with van der Waals surface area (Å²) in [7, 11) is 0. The number of nitrogens with one attached hydrogen (secondary N) is 1. The lowest BCUT2D eigenvalue weighted by molar-refractivity contribution is -0.121. The Bertz CT molecular complexity index is 1060. The van der Waals surface area contributed by atoms with Crippen LogP contribution in [-0.4, -0.2) is 26.2 Å². The third kappa shape index (κ3) is 4.15. The highest BCUT2D eigenvalue weighted by molar-refractivity contribution is 8.00. The van der Waals surface area contributed by atoms with Gasteiger partial charge in [0.05, 0.1) is 16.7 Å². The number of nitriles is 1. The molecular formula is C22H30N4O2S2. The Kier molecular flexibility index (Phi) is 6.63. The summed E-state index contributed by atoms with van der Waals surface area (Å²) in [6.45, 7) is 11.4. The van der Waals surface area contributed by atoms with Crippen molar-refractivity contribution in [2.75, 3.05) is 0 Å². The minimum atomic E-state index is -0.934. The number of thiophene rings is 1. The fourth-order valence-electron chi connectivity index (χ4n) is 3.73. The van der Waals surface area contributed by atoms with Crippen LogP contribution in [0.25, 0.3) is 10.2 Å². The molecule has 0 unspecified atom stereocenters. The van der Waals surface area contributed by atoms with Crippen molar-refractivity contribution in [3.05, 3.63) is 20.8 Å². The van der Waals surface area contributed by atoms with Gasteiger partial charge in [-0.25, -0.2) is 4.98 Å². The van der Waals surface area contributed by atoms with Gasteiger partial charge in [0.1, 0.15) is 10.4 Å². The quantitative estimate of drug-likeness (QED) is 0.512. The first-order valence-corrected chi connectivity index (χ1v) is 12.2. The fraction of sp³-hybridized carbons (Fsp3) is 0.636. The molecule has 1 aliphatic rings. The highest BCUT2D eigenvalue weighted by Crippen LogP contribution is 2.35. The Labute approximate surface area is 186 Å². The summed E-state index contributed by atoms with van der Waals surface area (Å²) in [5, 5.41) is 13.2. The summed E-state index contributed by atoms with van der Waals surface area (Å²) < 4.78 is 1.83. The van der Waals surface area contributed by atoms with Crippen LogP contribution in [0.3, 0.4) is 0 Å². The van der Waals surface area contributed by atoms with Crippen LogP contribution in [0.4, 0.5) is 0 Å². The van der Waals surface area contributed by atoms with Crippen LogP contribution in [0.1, 0.15) is 69.9 Å². The summed E-state index contributed by atoms with van der Waals surface area (Å²) in [4.78, 5) is 33.0. The third-order valence-electron chi connectivity index (χ3n) is 6.31. The molecule has 1 amide bonds. The minimum Gasteiger partial charge on any atom is -0.337 e. The van der Waals surface area contributed by atoms with Crippen molar-refractivity contribution in [2.45, 2.75) is 89.2 Å². The Hall–Kier alpha value is -1.85. The van der Waals surface area contributed by atoms with Crippen molar-refractivity contribution >= 4 is 39.2 Å². The van der Waals surface area contributed by atoms with E-state index in [1.165, 1.54) is 23.1 Å². The lowest BCUT2D eigenvalue weighted by atomic mass is 9.90. The van der Waals surface area contributed by atoms with Crippen LogP contribution in [0.2, 0.25) is 0 Å². The Morgan fingerprint density at radius 3 is 2.53 bits per heavy atom. The molecule has 1 N–H and O–H groups in total. The van der Waals surface area contributed by atoms with Crippen molar-refractivity contribution in [3.63, 3.8) is 0 Å². The highest BCUT2D eigenvalue weighted by Gasteiger charge is 2.33. The van der Waals surface area contributed by atoms with E-state index in [-0.39, 0.29) is 23.4 Å². The van der Waals surface area contributed by atoms with E-state index in [1.807, 2.05) is 32.3 Å². The van der Waals surface area contributed by atoms with Crippen LogP contribution in [-0.2, 0) is 4.79 Å². The van der Waals surface area contributed by atoms with E-state index < -0.39 is 10.8 Å². The number of fused-ring (bicyclic) bond motifs is 1. The maximum absolute atomic E-state index is 13.5. The van der Waals surface area contributed by atoms with Crippen LogP contribution in [0.5, 0.6) is 0 Å². The molecule has 0 spiro atoms. The molecule has 1 fully saturated rings. The monoisotopic (exact) mass is 446 g/mol. The van der Waals surface area contributed by atoms with E-state index in [0.29, 0.717) is 10.5 Å². The Morgan fingerprint density at radius 1 is 1.33 bits per heavy atom. The molecule has 30 heavy (non-hydrogen) atoms. The first kappa shape index (κ1) is 22.8.